The van der Waals surface area contributed by atoms with Gasteiger partial charge in [-0.15, -0.1) is 0 Å². The number of fused-ring (bicyclic) bond motifs is 6. The molecule has 0 radical (unpaired) electrons. The fraction of sp³-hybridized carbons (Fsp3) is 0.0357. The number of hydrogen-bond donors (Lipinski definition) is 3. The van der Waals surface area contributed by atoms with Gasteiger partial charge in [-0.1, -0.05) is 41.9 Å². The Kier molecular flexibility index (Phi) is 5.09. The van der Waals surface area contributed by atoms with E-state index in [0.29, 0.717) is 32.9 Å². The van der Waals surface area contributed by atoms with Crippen molar-refractivity contribution >= 4 is 55.8 Å². The number of halogens is 2. The molecule has 2 heterocycles. The van der Waals surface area contributed by atoms with Gasteiger partial charge in [-0.3, -0.25) is 9.59 Å². The lowest BCUT2D eigenvalue weighted by molar-refractivity contribution is -0.114. The summed E-state index contributed by atoms with van der Waals surface area (Å²) in [6.45, 7) is 1.46. The van der Waals surface area contributed by atoms with Crippen LogP contribution in [0, 0.1) is 5.82 Å². The number of H-pyrrole nitrogens is 2. The number of aromatic nitrogens is 3. The minimum absolute atomic E-state index is 0.158. The summed E-state index contributed by atoms with van der Waals surface area (Å²) in [6, 6.07) is 19.5. The second-order valence-electron chi connectivity index (χ2n) is 8.52. The standard InChI is InChI=1S/C28H18ClFN4O2/c1-14(35)32-17-5-2-4-15(12-17)16-8-9-18-20(13-16)23-19(10-11-31-28(23)36)26-25(18)33-27(34-26)24-21(29)6-3-7-22(24)30/h2-13H,1H3,(H,31,36)(H,32,35)(H,33,34). The van der Waals surface area contributed by atoms with Crippen molar-refractivity contribution in [3.05, 3.63) is 94.1 Å². The lowest BCUT2D eigenvalue weighted by atomic mass is 9.96. The number of benzene rings is 4. The number of anilines is 1. The first-order valence-corrected chi connectivity index (χ1v) is 11.6. The van der Waals surface area contributed by atoms with Crippen LogP contribution in [-0.4, -0.2) is 20.9 Å². The fourth-order valence-corrected chi connectivity index (χ4v) is 4.93. The zero-order valence-corrected chi connectivity index (χ0v) is 19.7. The zero-order valence-electron chi connectivity index (χ0n) is 18.9. The van der Waals surface area contributed by atoms with Gasteiger partial charge in [0.15, 0.2) is 0 Å². The molecule has 0 bridgehead atoms. The van der Waals surface area contributed by atoms with E-state index in [9.17, 15) is 14.0 Å². The highest BCUT2D eigenvalue weighted by atomic mass is 35.5. The topological polar surface area (TPSA) is 90.6 Å². The van der Waals surface area contributed by atoms with Crippen molar-refractivity contribution in [1.29, 1.82) is 0 Å². The summed E-state index contributed by atoms with van der Waals surface area (Å²) in [5.74, 6) is -0.363. The first kappa shape index (κ1) is 22.0. The van der Waals surface area contributed by atoms with Gasteiger partial charge in [0, 0.05) is 29.6 Å². The molecule has 3 N–H and O–H groups in total. The minimum Gasteiger partial charge on any atom is -0.337 e. The molecule has 36 heavy (non-hydrogen) atoms. The van der Waals surface area contributed by atoms with Gasteiger partial charge >= 0.3 is 0 Å². The molecule has 0 saturated carbocycles. The van der Waals surface area contributed by atoms with E-state index < -0.39 is 5.82 Å². The molecule has 6 rings (SSSR count). The molecule has 0 unspecified atom stereocenters. The Hall–Kier alpha value is -4.49. The van der Waals surface area contributed by atoms with Gasteiger partial charge in [0.05, 0.1) is 27.0 Å². The summed E-state index contributed by atoms with van der Waals surface area (Å²) in [7, 11) is 0. The molecule has 0 aliphatic heterocycles. The van der Waals surface area contributed by atoms with E-state index in [4.69, 9.17) is 16.6 Å². The number of aromatic amines is 2. The number of rotatable bonds is 3. The molecule has 1 amide bonds. The monoisotopic (exact) mass is 496 g/mol. The van der Waals surface area contributed by atoms with Crippen LogP contribution < -0.4 is 10.9 Å². The molecule has 0 saturated heterocycles. The third-order valence-electron chi connectivity index (χ3n) is 6.19. The maximum Gasteiger partial charge on any atom is 0.256 e. The van der Waals surface area contributed by atoms with E-state index in [2.05, 4.69) is 15.3 Å². The van der Waals surface area contributed by atoms with Crippen LogP contribution in [0.1, 0.15) is 6.92 Å². The molecule has 0 fully saturated rings. The smallest absolute Gasteiger partial charge is 0.256 e. The largest absolute Gasteiger partial charge is 0.337 e. The number of carbonyl (C=O) groups is 1. The van der Waals surface area contributed by atoms with Crippen molar-refractivity contribution in [2.75, 3.05) is 5.32 Å². The molecule has 0 atom stereocenters. The summed E-state index contributed by atoms with van der Waals surface area (Å²) in [4.78, 5) is 35.2. The van der Waals surface area contributed by atoms with E-state index in [-0.39, 0.29) is 27.9 Å². The molecule has 4 aromatic carbocycles. The average Bonchev–Trinajstić information content (AvgIpc) is 3.29. The summed E-state index contributed by atoms with van der Waals surface area (Å²) in [5, 5.41) is 5.64. The normalized spacial score (nSPS) is 11.4. The predicted octanol–water partition coefficient (Wildman–Crippen LogP) is 6.64. The zero-order chi connectivity index (χ0) is 25.0. The van der Waals surface area contributed by atoms with Crippen LogP contribution >= 0.6 is 11.6 Å². The minimum atomic E-state index is -0.491. The van der Waals surface area contributed by atoms with Crippen molar-refractivity contribution in [2.45, 2.75) is 6.92 Å². The quantitative estimate of drug-likeness (QED) is 0.240. The number of imidazole rings is 1. The van der Waals surface area contributed by atoms with Crippen LogP contribution in [0.15, 0.2) is 77.7 Å². The third kappa shape index (κ3) is 3.52. The van der Waals surface area contributed by atoms with Gasteiger partial charge in [0.2, 0.25) is 5.91 Å². The molecule has 6 nitrogen and oxygen atoms in total. The maximum atomic E-state index is 14.7. The SMILES string of the molecule is CC(=O)Nc1cccc(-c2ccc3c(c2)c2c(=O)[nH]ccc2c2[nH]c(-c4c(F)cccc4Cl)nc32)c1. The van der Waals surface area contributed by atoms with Crippen LogP contribution in [0.25, 0.3) is 55.1 Å². The van der Waals surface area contributed by atoms with Crippen molar-refractivity contribution in [1.82, 2.24) is 15.0 Å². The highest BCUT2D eigenvalue weighted by Crippen LogP contribution is 2.37. The van der Waals surface area contributed by atoms with Gasteiger partial charge in [0.1, 0.15) is 11.6 Å². The molecule has 6 aromatic rings. The van der Waals surface area contributed by atoms with Crippen LogP contribution in [-0.2, 0) is 4.79 Å². The van der Waals surface area contributed by atoms with Crippen LogP contribution in [0.3, 0.4) is 0 Å². The maximum absolute atomic E-state index is 14.7. The third-order valence-corrected chi connectivity index (χ3v) is 6.51. The van der Waals surface area contributed by atoms with E-state index in [0.717, 1.165) is 16.5 Å². The Morgan fingerprint density at radius 1 is 0.972 bits per heavy atom. The first-order valence-electron chi connectivity index (χ1n) is 11.2. The number of nitrogens with zero attached hydrogens (tertiary/aromatic N) is 1. The van der Waals surface area contributed by atoms with Crippen molar-refractivity contribution in [3.63, 3.8) is 0 Å². The Balaban J connectivity index is 1.66. The second kappa shape index (κ2) is 8.32. The number of carbonyl (C=O) groups excluding carboxylic acids is 1. The van der Waals surface area contributed by atoms with Crippen LogP contribution in [0.5, 0.6) is 0 Å². The van der Waals surface area contributed by atoms with Gasteiger partial charge in [-0.25, -0.2) is 9.37 Å². The number of pyridine rings is 1. The van der Waals surface area contributed by atoms with Crippen molar-refractivity contribution in [2.24, 2.45) is 0 Å². The highest BCUT2D eigenvalue weighted by Gasteiger charge is 2.19. The molecule has 0 aliphatic rings. The molecule has 0 aliphatic carbocycles. The fourth-order valence-electron chi connectivity index (χ4n) is 4.68. The van der Waals surface area contributed by atoms with E-state index >= 15 is 0 Å². The number of amides is 1. The van der Waals surface area contributed by atoms with Gasteiger partial charge < -0.3 is 15.3 Å². The molecule has 2 aromatic heterocycles. The Morgan fingerprint density at radius 2 is 1.78 bits per heavy atom. The molecule has 176 valence electrons. The number of nitrogens with one attached hydrogen (secondary N) is 3. The summed E-state index contributed by atoms with van der Waals surface area (Å²) in [5.41, 5.74) is 3.58. The lowest BCUT2D eigenvalue weighted by Crippen LogP contribution is -2.06. The van der Waals surface area contributed by atoms with Gasteiger partial charge in [-0.05, 0) is 52.9 Å². The Labute approximate surface area is 208 Å². The van der Waals surface area contributed by atoms with E-state index in [1.165, 1.54) is 19.1 Å². The summed E-state index contributed by atoms with van der Waals surface area (Å²) >= 11 is 6.30. The number of hydrogen-bond acceptors (Lipinski definition) is 3. The lowest BCUT2D eigenvalue weighted by Gasteiger charge is -2.10. The average molecular weight is 497 g/mol. The molecule has 0 spiro atoms. The van der Waals surface area contributed by atoms with Crippen LogP contribution in [0.2, 0.25) is 5.02 Å². The molecular weight excluding hydrogens is 479 g/mol. The Morgan fingerprint density at radius 3 is 2.58 bits per heavy atom. The summed E-state index contributed by atoms with van der Waals surface area (Å²) < 4.78 is 14.7. The van der Waals surface area contributed by atoms with Crippen molar-refractivity contribution < 1.29 is 9.18 Å². The van der Waals surface area contributed by atoms with Gasteiger partial charge in [0.25, 0.3) is 5.56 Å². The van der Waals surface area contributed by atoms with Crippen molar-refractivity contribution in [3.8, 4) is 22.5 Å². The summed E-state index contributed by atoms with van der Waals surface area (Å²) in [6.07, 6.45) is 1.58. The highest BCUT2D eigenvalue weighted by molar-refractivity contribution is 6.33. The van der Waals surface area contributed by atoms with E-state index in [1.807, 2.05) is 42.5 Å². The van der Waals surface area contributed by atoms with Crippen LogP contribution in [0.4, 0.5) is 10.1 Å². The first-order chi connectivity index (χ1) is 17.4. The second-order valence-corrected chi connectivity index (χ2v) is 8.93. The predicted molar refractivity (Wildman–Crippen MR) is 142 cm³/mol. The molecule has 8 heteroatoms. The van der Waals surface area contributed by atoms with E-state index in [1.54, 1.807) is 18.3 Å². The molecular formula is C28H18ClFN4O2. The van der Waals surface area contributed by atoms with Gasteiger partial charge in [-0.2, -0.15) is 0 Å². The Bertz CT molecular complexity index is 1890.